The third kappa shape index (κ3) is 4.48. The quantitative estimate of drug-likeness (QED) is 0.361. The minimum atomic E-state index is -0.418. The van der Waals surface area contributed by atoms with Crippen LogP contribution in [-0.4, -0.2) is 18.2 Å². The van der Waals surface area contributed by atoms with E-state index in [0.29, 0.717) is 5.69 Å². The van der Waals surface area contributed by atoms with E-state index in [1.54, 1.807) is 30.1 Å². The topological polar surface area (TPSA) is 59.9 Å². The second-order valence-corrected chi connectivity index (χ2v) is 7.44. The first kappa shape index (κ1) is 21.0. The van der Waals surface area contributed by atoms with Gasteiger partial charge in [-0.25, -0.2) is 0 Å². The van der Waals surface area contributed by atoms with Gasteiger partial charge in [-0.15, -0.1) is 0 Å². The van der Waals surface area contributed by atoms with Crippen molar-refractivity contribution in [2.75, 3.05) is 7.05 Å². The standard InChI is InChI=1S/C22H17N3O2S.BrH/c1-24-21(28-20-14-9-16-6-2-3-7-19(16)22(20)24)8-4-5-15-23-17-10-12-18(13-11-17)25(26)27;/h2-15H,1H3;1H/b5-4+,21-8+,23-15?;. The van der Waals surface area contributed by atoms with Crippen molar-refractivity contribution in [1.82, 2.24) is 0 Å². The summed E-state index contributed by atoms with van der Waals surface area (Å²) in [6.45, 7) is 0. The van der Waals surface area contributed by atoms with Gasteiger partial charge < -0.3 is 17.0 Å². The number of hydrogen-bond acceptors (Lipinski definition) is 4. The Morgan fingerprint density at radius 2 is 1.79 bits per heavy atom. The first-order valence-electron chi connectivity index (χ1n) is 8.83. The van der Waals surface area contributed by atoms with Crippen LogP contribution in [0.2, 0.25) is 0 Å². The van der Waals surface area contributed by atoms with Gasteiger partial charge in [0.1, 0.15) is 0 Å². The van der Waals surface area contributed by atoms with E-state index in [1.807, 2.05) is 12.2 Å². The van der Waals surface area contributed by atoms with Crippen molar-refractivity contribution < 1.29 is 26.8 Å². The molecule has 0 saturated carbocycles. The van der Waals surface area contributed by atoms with E-state index in [-0.39, 0.29) is 22.7 Å². The van der Waals surface area contributed by atoms with Gasteiger partial charge in [0.25, 0.3) is 5.69 Å². The van der Waals surface area contributed by atoms with Crippen LogP contribution in [0, 0.1) is 10.1 Å². The summed E-state index contributed by atoms with van der Waals surface area (Å²) < 4.78 is 0. The largest absolute Gasteiger partial charge is 1.00 e. The number of fused-ring (bicyclic) bond motifs is 3. The Hall–Kier alpha value is -2.74. The van der Waals surface area contributed by atoms with E-state index in [4.69, 9.17) is 0 Å². The fourth-order valence-electron chi connectivity index (χ4n) is 3.18. The molecule has 0 bridgehead atoms. The van der Waals surface area contributed by atoms with Gasteiger partial charge >= 0.3 is 0 Å². The predicted octanol–water partition coefficient (Wildman–Crippen LogP) is 1.80. The molecule has 146 valence electrons. The van der Waals surface area contributed by atoms with E-state index < -0.39 is 4.92 Å². The van der Waals surface area contributed by atoms with E-state index in [2.05, 4.69) is 54.5 Å². The molecular weight excluding hydrogens is 450 g/mol. The van der Waals surface area contributed by atoms with Crippen molar-refractivity contribution in [1.29, 1.82) is 0 Å². The van der Waals surface area contributed by atoms with Gasteiger partial charge in [-0.2, -0.15) is 0 Å². The molecule has 5 nitrogen and oxygen atoms in total. The Labute approximate surface area is 183 Å². The second kappa shape index (κ2) is 9.17. The lowest BCUT2D eigenvalue weighted by Gasteiger charge is -2.09. The molecule has 1 heterocycles. The molecule has 0 radical (unpaired) electrons. The normalized spacial score (nSPS) is 17.1. The highest BCUT2D eigenvalue weighted by Crippen LogP contribution is 2.39. The molecule has 29 heavy (non-hydrogen) atoms. The summed E-state index contributed by atoms with van der Waals surface area (Å²) >= 11 is 1.78. The molecule has 0 amide bonds. The van der Waals surface area contributed by atoms with Crippen LogP contribution in [0.4, 0.5) is 17.1 Å². The summed E-state index contributed by atoms with van der Waals surface area (Å²) in [6.07, 6.45) is 7.62. The SMILES string of the molecule is C[NH+]1/C(=C\C=C\C=Nc2ccc([N+](=O)[O-])cc2)Sc2ccc3ccccc3c21.[Br-]. The zero-order chi connectivity index (χ0) is 19.5. The maximum Gasteiger partial charge on any atom is 0.269 e. The van der Waals surface area contributed by atoms with E-state index in [0.717, 1.165) is 0 Å². The maximum atomic E-state index is 10.7. The molecule has 1 aliphatic rings. The van der Waals surface area contributed by atoms with Crippen LogP contribution in [0.15, 0.2) is 93.8 Å². The molecule has 3 aromatic rings. The van der Waals surface area contributed by atoms with Gasteiger partial charge in [0.2, 0.25) is 0 Å². The number of hydrogen-bond donors (Lipinski definition) is 1. The lowest BCUT2D eigenvalue weighted by Crippen LogP contribution is -3.00. The Balaban J connectivity index is 0.00000240. The highest BCUT2D eigenvalue weighted by atomic mass is 79.9. The molecule has 4 rings (SSSR count). The number of aliphatic imine (C=N–C) groups is 1. The molecule has 0 aromatic heterocycles. The monoisotopic (exact) mass is 467 g/mol. The van der Waals surface area contributed by atoms with Crippen LogP contribution in [-0.2, 0) is 0 Å². The molecule has 0 fully saturated rings. The fourth-order valence-corrected chi connectivity index (χ4v) is 4.32. The third-order valence-corrected chi connectivity index (χ3v) is 5.81. The summed E-state index contributed by atoms with van der Waals surface area (Å²) in [4.78, 5) is 17.1. The summed E-state index contributed by atoms with van der Waals surface area (Å²) in [5.41, 5.74) is 2.07. The minimum Gasteiger partial charge on any atom is -1.00 e. The van der Waals surface area contributed by atoms with Crippen LogP contribution in [0.5, 0.6) is 0 Å². The highest BCUT2D eigenvalue weighted by Gasteiger charge is 2.29. The van der Waals surface area contributed by atoms with Crippen molar-refractivity contribution in [3.05, 3.63) is 94.0 Å². The van der Waals surface area contributed by atoms with Crippen LogP contribution < -0.4 is 21.9 Å². The molecule has 1 aliphatic heterocycles. The summed E-state index contributed by atoms with van der Waals surface area (Å²) in [6, 6.07) is 19.0. The molecule has 1 atom stereocenters. The highest BCUT2D eigenvalue weighted by molar-refractivity contribution is 8.03. The number of nitrogens with zero attached hydrogens (tertiary/aromatic N) is 2. The van der Waals surface area contributed by atoms with Gasteiger partial charge in [-0.05, 0) is 47.5 Å². The molecule has 0 spiro atoms. The zero-order valence-corrected chi connectivity index (χ0v) is 18.0. The van der Waals surface area contributed by atoms with Crippen molar-refractivity contribution in [2.24, 2.45) is 4.99 Å². The number of nitro groups is 1. The average molecular weight is 468 g/mol. The molecule has 3 aromatic carbocycles. The Bertz CT molecular complexity index is 1140. The molecule has 7 heteroatoms. The van der Waals surface area contributed by atoms with Crippen molar-refractivity contribution in [3.8, 4) is 0 Å². The van der Waals surface area contributed by atoms with Crippen LogP contribution in [0.1, 0.15) is 0 Å². The van der Waals surface area contributed by atoms with Gasteiger partial charge in [0.15, 0.2) is 10.7 Å². The predicted molar refractivity (Wildman–Crippen MR) is 115 cm³/mol. The molecule has 0 saturated heterocycles. The zero-order valence-electron chi connectivity index (χ0n) is 15.6. The van der Waals surface area contributed by atoms with E-state index in [9.17, 15) is 10.1 Å². The maximum absolute atomic E-state index is 10.7. The van der Waals surface area contributed by atoms with Crippen LogP contribution >= 0.6 is 11.8 Å². The van der Waals surface area contributed by atoms with Crippen molar-refractivity contribution in [3.63, 3.8) is 0 Å². The first-order chi connectivity index (χ1) is 13.6. The minimum absolute atomic E-state index is 0. The number of allylic oxidation sites excluding steroid dienone is 3. The smallest absolute Gasteiger partial charge is 0.269 e. The summed E-state index contributed by atoms with van der Waals surface area (Å²) in [7, 11) is 2.16. The Morgan fingerprint density at radius 3 is 2.55 bits per heavy atom. The van der Waals surface area contributed by atoms with Gasteiger partial charge in [-0.3, -0.25) is 20.0 Å². The third-order valence-electron chi connectivity index (χ3n) is 4.58. The number of rotatable bonds is 4. The van der Waals surface area contributed by atoms with Gasteiger partial charge in [0, 0.05) is 29.8 Å². The molecule has 1 unspecified atom stereocenters. The lowest BCUT2D eigenvalue weighted by molar-refractivity contribution is -0.754. The number of non-ortho nitro benzene ring substituents is 1. The number of nitro benzene ring substituents is 1. The number of quaternary nitrogens is 1. The van der Waals surface area contributed by atoms with Crippen LogP contribution in [0.3, 0.4) is 0 Å². The Morgan fingerprint density at radius 1 is 1.03 bits per heavy atom. The lowest BCUT2D eigenvalue weighted by atomic mass is 10.1. The fraction of sp³-hybridized carbons (Fsp3) is 0.0455. The second-order valence-electron chi connectivity index (χ2n) is 6.35. The van der Waals surface area contributed by atoms with Crippen molar-refractivity contribution in [2.45, 2.75) is 4.90 Å². The average Bonchev–Trinajstić information content (AvgIpc) is 3.04. The van der Waals surface area contributed by atoms with Gasteiger partial charge in [0.05, 0.1) is 22.6 Å². The number of thioether (sulfide) groups is 1. The van der Waals surface area contributed by atoms with Crippen molar-refractivity contribution >= 4 is 45.8 Å². The van der Waals surface area contributed by atoms with E-state index in [1.165, 1.54) is 43.4 Å². The number of benzene rings is 3. The Kier molecular flexibility index (Phi) is 6.64. The molecule has 1 N–H and O–H groups in total. The molecule has 0 aliphatic carbocycles. The summed E-state index contributed by atoms with van der Waals surface area (Å²) in [5.74, 6) is 0. The number of nitrogens with one attached hydrogen (secondary N) is 1. The van der Waals surface area contributed by atoms with Gasteiger partial charge in [-0.1, -0.05) is 30.3 Å². The molecular formula is C22H18BrN3O2S. The first-order valence-corrected chi connectivity index (χ1v) is 9.64. The van der Waals surface area contributed by atoms with Crippen LogP contribution in [0.25, 0.3) is 10.8 Å². The van der Waals surface area contributed by atoms with E-state index >= 15 is 0 Å². The number of halogens is 1. The summed E-state index contributed by atoms with van der Waals surface area (Å²) in [5, 5.41) is 14.4.